The molecule has 0 aliphatic carbocycles. The lowest BCUT2D eigenvalue weighted by Crippen LogP contribution is -2.19. The van der Waals surface area contributed by atoms with Crippen LogP contribution in [0.2, 0.25) is 5.15 Å². The second-order valence-electron chi connectivity index (χ2n) is 5.82. The summed E-state index contributed by atoms with van der Waals surface area (Å²) in [6.45, 7) is 2.00. The summed E-state index contributed by atoms with van der Waals surface area (Å²) in [5.41, 5.74) is 2.66. The van der Waals surface area contributed by atoms with Gasteiger partial charge in [0.1, 0.15) is 0 Å². The van der Waals surface area contributed by atoms with Crippen LogP contribution in [0.1, 0.15) is 5.56 Å². The molecule has 3 aromatic rings. The summed E-state index contributed by atoms with van der Waals surface area (Å²) in [4.78, 5) is 0.0761. The molecule has 0 fully saturated rings. The van der Waals surface area contributed by atoms with Gasteiger partial charge in [-0.05, 0) is 67.7 Å². The Kier molecular flexibility index (Phi) is 6.08. The number of hydrogen-bond donors (Lipinski definition) is 3. The first-order valence-electron chi connectivity index (χ1n) is 8.09. The van der Waals surface area contributed by atoms with E-state index in [4.69, 9.17) is 23.8 Å². The number of benzene rings is 2. The standard InChI is InChI=1S/C18H16ClN5O2S2/c1-12-2-4-13(5-3-12)20-18(27)21-14-6-8-15(9-7-14)28(25,26)24-17-11-10-16(19)22-23-17/h2-11H,1H3,(H,23,24)(H2,20,21,27). The fourth-order valence-corrected chi connectivity index (χ4v) is 3.55. The summed E-state index contributed by atoms with van der Waals surface area (Å²) >= 11 is 10.9. The van der Waals surface area contributed by atoms with E-state index in [9.17, 15) is 8.42 Å². The molecule has 0 spiro atoms. The van der Waals surface area contributed by atoms with Crippen LogP contribution in [0.25, 0.3) is 0 Å². The molecule has 2 aromatic carbocycles. The van der Waals surface area contributed by atoms with Gasteiger partial charge in [-0.15, -0.1) is 10.2 Å². The van der Waals surface area contributed by atoms with Gasteiger partial charge in [0.2, 0.25) is 0 Å². The van der Waals surface area contributed by atoms with E-state index in [0.29, 0.717) is 10.8 Å². The third-order valence-corrected chi connectivity index (χ3v) is 5.38. The lowest BCUT2D eigenvalue weighted by Gasteiger charge is -2.12. The molecule has 7 nitrogen and oxygen atoms in total. The van der Waals surface area contributed by atoms with Crippen LogP contribution in [-0.4, -0.2) is 23.7 Å². The van der Waals surface area contributed by atoms with Gasteiger partial charge in [0.15, 0.2) is 16.1 Å². The SMILES string of the molecule is Cc1ccc(NC(=S)Nc2ccc(S(=O)(=O)Nc3ccc(Cl)nn3)cc2)cc1. The average molecular weight is 434 g/mol. The molecule has 3 rings (SSSR count). The first-order chi connectivity index (χ1) is 13.3. The van der Waals surface area contributed by atoms with Gasteiger partial charge in [-0.2, -0.15) is 0 Å². The van der Waals surface area contributed by atoms with Crippen molar-refractivity contribution in [1.29, 1.82) is 0 Å². The molecule has 0 saturated carbocycles. The largest absolute Gasteiger partial charge is 0.332 e. The maximum Gasteiger partial charge on any atom is 0.263 e. The third kappa shape index (κ3) is 5.38. The molecule has 0 bridgehead atoms. The van der Waals surface area contributed by atoms with E-state index < -0.39 is 10.0 Å². The predicted molar refractivity (Wildman–Crippen MR) is 115 cm³/mol. The molecule has 0 saturated heterocycles. The molecule has 144 valence electrons. The number of aromatic nitrogens is 2. The second-order valence-corrected chi connectivity index (χ2v) is 8.29. The molecule has 0 radical (unpaired) electrons. The van der Waals surface area contributed by atoms with Gasteiger partial charge in [0.25, 0.3) is 10.0 Å². The Morgan fingerprint density at radius 1 is 0.893 bits per heavy atom. The number of sulfonamides is 1. The van der Waals surface area contributed by atoms with Crippen LogP contribution in [0, 0.1) is 6.92 Å². The molecule has 0 unspecified atom stereocenters. The highest BCUT2D eigenvalue weighted by molar-refractivity contribution is 7.92. The Bertz CT molecular complexity index is 1070. The molecule has 0 aliphatic heterocycles. The van der Waals surface area contributed by atoms with Crippen molar-refractivity contribution in [1.82, 2.24) is 10.2 Å². The number of nitrogens with zero attached hydrogens (tertiary/aromatic N) is 2. The van der Waals surface area contributed by atoms with Crippen molar-refractivity contribution in [2.75, 3.05) is 15.4 Å². The number of halogens is 1. The molecule has 3 N–H and O–H groups in total. The van der Waals surface area contributed by atoms with Gasteiger partial charge in [0.05, 0.1) is 4.90 Å². The molecular formula is C18H16ClN5O2S2. The summed E-state index contributed by atoms with van der Waals surface area (Å²) in [6.07, 6.45) is 0. The average Bonchev–Trinajstić information content (AvgIpc) is 2.66. The number of thiocarbonyl (C=S) groups is 1. The van der Waals surface area contributed by atoms with Gasteiger partial charge in [-0.3, -0.25) is 4.72 Å². The van der Waals surface area contributed by atoms with E-state index in [1.54, 1.807) is 12.1 Å². The van der Waals surface area contributed by atoms with Crippen LogP contribution < -0.4 is 15.4 Å². The number of aryl methyl sites for hydroxylation is 1. The first-order valence-corrected chi connectivity index (χ1v) is 10.4. The Hall–Kier alpha value is -2.75. The number of rotatable bonds is 5. The minimum absolute atomic E-state index is 0.0761. The molecule has 1 heterocycles. The minimum atomic E-state index is -3.80. The van der Waals surface area contributed by atoms with Crippen molar-refractivity contribution in [3.63, 3.8) is 0 Å². The molecule has 0 amide bonds. The highest BCUT2D eigenvalue weighted by Gasteiger charge is 2.15. The Morgan fingerprint density at radius 3 is 2.00 bits per heavy atom. The summed E-state index contributed by atoms with van der Waals surface area (Å²) in [5, 5.41) is 13.9. The number of nitrogens with one attached hydrogen (secondary N) is 3. The lowest BCUT2D eigenvalue weighted by atomic mass is 10.2. The van der Waals surface area contributed by atoms with Gasteiger partial charge < -0.3 is 10.6 Å². The van der Waals surface area contributed by atoms with E-state index in [2.05, 4.69) is 25.6 Å². The third-order valence-electron chi connectivity index (χ3n) is 3.60. The van der Waals surface area contributed by atoms with Crippen molar-refractivity contribution in [2.45, 2.75) is 11.8 Å². The van der Waals surface area contributed by atoms with Gasteiger partial charge in [-0.25, -0.2) is 8.42 Å². The second kappa shape index (κ2) is 8.51. The van der Waals surface area contributed by atoms with Crippen molar-refractivity contribution in [3.05, 3.63) is 71.4 Å². The Balaban J connectivity index is 1.64. The first kappa shape index (κ1) is 20.0. The lowest BCUT2D eigenvalue weighted by molar-refractivity contribution is 0.601. The zero-order valence-electron chi connectivity index (χ0n) is 14.7. The zero-order valence-corrected chi connectivity index (χ0v) is 17.1. The molecule has 0 atom stereocenters. The Labute approximate surface area is 173 Å². The highest BCUT2D eigenvalue weighted by Crippen LogP contribution is 2.18. The monoisotopic (exact) mass is 433 g/mol. The van der Waals surface area contributed by atoms with E-state index >= 15 is 0 Å². The van der Waals surface area contributed by atoms with Gasteiger partial charge in [0, 0.05) is 11.4 Å². The van der Waals surface area contributed by atoms with Gasteiger partial charge >= 0.3 is 0 Å². The smallest absolute Gasteiger partial charge is 0.263 e. The van der Waals surface area contributed by atoms with Crippen molar-refractivity contribution >= 4 is 56.1 Å². The summed E-state index contributed by atoms with van der Waals surface area (Å²) in [6, 6.07) is 16.8. The molecule has 10 heteroatoms. The predicted octanol–water partition coefficient (Wildman–Crippen LogP) is 4.05. The maximum atomic E-state index is 12.4. The molecule has 0 aliphatic rings. The van der Waals surface area contributed by atoms with Crippen molar-refractivity contribution in [3.8, 4) is 0 Å². The fourth-order valence-electron chi connectivity index (χ4n) is 2.21. The highest BCUT2D eigenvalue weighted by atomic mass is 35.5. The Morgan fingerprint density at radius 2 is 1.46 bits per heavy atom. The van der Waals surface area contributed by atoms with Crippen LogP contribution in [0.3, 0.4) is 0 Å². The van der Waals surface area contributed by atoms with Crippen LogP contribution in [0.15, 0.2) is 65.6 Å². The maximum absolute atomic E-state index is 12.4. The van der Waals surface area contributed by atoms with Gasteiger partial charge in [-0.1, -0.05) is 29.3 Å². The summed E-state index contributed by atoms with van der Waals surface area (Å²) in [5.74, 6) is 0.0788. The fraction of sp³-hybridized carbons (Fsp3) is 0.0556. The van der Waals surface area contributed by atoms with Crippen LogP contribution >= 0.6 is 23.8 Å². The van der Waals surface area contributed by atoms with Crippen molar-refractivity contribution < 1.29 is 8.42 Å². The van der Waals surface area contributed by atoms with Crippen LogP contribution in [0.4, 0.5) is 17.2 Å². The van der Waals surface area contributed by atoms with Crippen LogP contribution in [0.5, 0.6) is 0 Å². The quantitative estimate of drug-likeness (QED) is 0.522. The zero-order chi connectivity index (χ0) is 20.1. The summed E-state index contributed by atoms with van der Waals surface area (Å²) < 4.78 is 27.2. The van der Waals surface area contributed by atoms with Crippen LogP contribution in [-0.2, 0) is 10.0 Å². The van der Waals surface area contributed by atoms with E-state index in [1.165, 1.54) is 24.3 Å². The molecular weight excluding hydrogens is 418 g/mol. The van der Waals surface area contributed by atoms with E-state index in [0.717, 1.165) is 11.3 Å². The number of anilines is 3. The number of hydrogen-bond acceptors (Lipinski definition) is 5. The summed E-state index contributed by atoms with van der Waals surface area (Å²) in [7, 11) is -3.80. The molecule has 28 heavy (non-hydrogen) atoms. The molecule has 1 aromatic heterocycles. The van der Waals surface area contributed by atoms with E-state index in [1.807, 2.05) is 31.2 Å². The minimum Gasteiger partial charge on any atom is -0.332 e. The topological polar surface area (TPSA) is 96.0 Å². The normalized spacial score (nSPS) is 10.9. The van der Waals surface area contributed by atoms with Crippen molar-refractivity contribution in [2.24, 2.45) is 0 Å². The van der Waals surface area contributed by atoms with E-state index in [-0.39, 0.29) is 15.9 Å².